The highest BCUT2D eigenvalue weighted by Gasteiger charge is 2.29. The Labute approximate surface area is 177 Å². The van der Waals surface area contributed by atoms with Gasteiger partial charge in [-0.25, -0.2) is 8.42 Å². The molecule has 0 aromatic heterocycles. The Balaban J connectivity index is 1.81. The van der Waals surface area contributed by atoms with Crippen molar-refractivity contribution in [3.05, 3.63) is 59.7 Å². The predicted molar refractivity (Wildman–Crippen MR) is 114 cm³/mol. The van der Waals surface area contributed by atoms with E-state index >= 15 is 0 Å². The number of carbonyl (C=O) groups is 1. The third kappa shape index (κ3) is 5.81. The second-order valence-electron chi connectivity index (χ2n) is 7.40. The third-order valence-corrected chi connectivity index (χ3v) is 6.53. The Bertz CT molecular complexity index is 957. The normalized spacial score (nSPS) is 17.5. The van der Waals surface area contributed by atoms with E-state index in [4.69, 9.17) is 9.47 Å². The van der Waals surface area contributed by atoms with E-state index in [0.717, 1.165) is 24.0 Å². The van der Waals surface area contributed by atoms with E-state index in [1.807, 2.05) is 30.3 Å². The summed E-state index contributed by atoms with van der Waals surface area (Å²) in [6.07, 6.45) is 2.05. The van der Waals surface area contributed by atoms with Crippen molar-refractivity contribution >= 4 is 15.9 Å². The first-order valence-electron chi connectivity index (χ1n) is 9.99. The van der Waals surface area contributed by atoms with Crippen molar-refractivity contribution in [2.45, 2.75) is 43.2 Å². The van der Waals surface area contributed by atoms with Gasteiger partial charge in [0.15, 0.2) is 0 Å². The maximum atomic E-state index is 13.1. The van der Waals surface area contributed by atoms with E-state index in [-0.39, 0.29) is 29.1 Å². The van der Waals surface area contributed by atoms with E-state index in [1.165, 1.54) is 13.2 Å². The predicted octanol–water partition coefficient (Wildman–Crippen LogP) is 2.19. The van der Waals surface area contributed by atoms with Crippen LogP contribution in [0.25, 0.3) is 0 Å². The average molecular weight is 433 g/mol. The van der Waals surface area contributed by atoms with Crippen LogP contribution in [-0.2, 0) is 26.0 Å². The molecule has 2 N–H and O–H groups in total. The van der Waals surface area contributed by atoms with Gasteiger partial charge in [0.25, 0.3) is 0 Å². The van der Waals surface area contributed by atoms with Crippen LogP contribution in [0, 0.1) is 6.92 Å². The number of carbonyl (C=O) groups excluding carboxylic acids is 1. The first kappa shape index (κ1) is 22.3. The molecule has 1 amide bonds. The summed E-state index contributed by atoms with van der Waals surface area (Å²) in [6, 6.07) is 13.3. The molecule has 1 heterocycles. The van der Waals surface area contributed by atoms with Gasteiger partial charge in [-0.3, -0.25) is 4.79 Å². The van der Waals surface area contributed by atoms with Gasteiger partial charge in [-0.2, -0.15) is 4.72 Å². The molecule has 1 fully saturated rings. The lowest BCUT2D eigenvalue weighted by Gasteiger charge is -2.21. The third-order valence-electron chi connectivity index (χ3n) is 5.03. The quantitative estimate of drug-likeness (QED) is 0.634. The van der Waals surface area contributed by atoms with Crippen LogP contribution in [0.5, 0.6) is 5.75 Å². The van der Waals surface area contributed by atoms with Crippen LogP contribution in [0.15, 0.2) is 53.4 Å². The molecule has 2 aromatic rings. The van der Waals surface area contributed by atoms with Gasteiger partial charge in [-0.1, -0.05) is 36.4 Å². The molecule has 0 aliphatic carbocycles. The molecule has 0 unspecified atom stereocenters. The molecular formula is C22H28N2O5S. The van der Waals surface area contributed by atoms with Gasteiger partial charge in [-0.15, -0.1) is 0 Å². The van der Waals surface area contributed by atoms with Gasteiger partial charge in [0, 0.05) is 13.2 Å². The highest BCUT2D eigenvalue weighted by Crippen LogP contribution is 2.25. The summed E-state index contributed by atoms with van der Waals surface area (Å²) in [5, 5.41) is 2.84. The minimum atomic E-state index is -3.99. The summed E-state index contributed by atoms with van der Waals surface area (Å²) in [4.78, 5) is 12.9. The second kappa shape index (κ2) is 10.1. The zero-order valence-electron chi connectivity index (χ0n) is 17.3. The first-order valence-corrected chi connectivity index (χ1v) is 11.5. The molecule has 7 nitrogen and oxygen atoms in total. The molecule has 8 heteroatoms. The van der Waals surface area contributed by atoms with Gasteiger partial charge < -0.3 is 14.8 Å². The zero-order chi connectivity index (χ0) is 21.6. The zero-order valence-corrected chi connectivity index (χ0v) is 18.1. The molecule has 3 rings (SSSR count). The lowest BCUT2D eigenvalue weighted by molar-refractivity contribution is -0.123. The highest BCUT2D eigenvalue weighted by atomic mass is 32.2. The lowest BCUT2D eigenvalue weighted by atomic mass is 10.1. The Morgan fingerprint density at radius 2 is 2.00 bits per heavy atom. The number of rotatable bonds is 9. The summed E-state index contributed by atoms with van der Waals surface area (Å²) in [5.41, 5.74) is 1.63. The van der Waals surface area contributed by atoms with Crippen molar-refractivity contribution in [3.8, 4) is 5.75 Å². The van der Waals surface area contributed by atoms with Gasteiger partial charge in [0.05, 0.1) is 13.2 Å². The van der Waals surface area contributed by atoms with Crippen molar-refractivity contribution < 1.29 is 22.7 Å². The highest BCUT2D eigenvalue weighted by molar-refractivity contribution is 7.89. The van der Waals surface area contributed by atoms with E-state index in [9.17, 15) is 13.2 Å². The molecule has 2 atom stereocenters. The summed E-state index contributed by atoms with van der Waals surface area (Å²) in [5.74, 6) is -0.157. The number of hydrogen-bond acceptors (Lipinski definition) is 5. The number of methoxy groups -OCH3 is 1. The fraction of sp³-hybridized carbons (Fsp3) is 0.409. The van der Waals surface area contributed by atoms with E-state index < -0.39 is 16.1 Å². The molecule has 1 saturated heterocycles. The largest absolute Gasteiger partial charge is 0.495 e. The molecule has 0 spiro atoms. The van der Waals surface area contributed by atoms with Crippen molar-refractivity contribution in [1.29, 1.82) is 0 Å². The Morgan fingerprint density at radius 3 is 2.67 bits per heavy atom. The Hall–Kier alpha value is -2.42. The van der Waals surface area contributed by atoms with Gasteiger partial charge in [-0.05, 0) is 49.4 Å². The Morgan fingerprint density at radius 1 is 1.23 bits per heavy atom. The maximum Gasteiger partial charge on any atom is 0.244 e. The summed E-state index contributed by atoms with van der Waals surface area (Å²) >= 11 is 0. The van der Waals surface area contributed by atoms with Crippen LogP contribution in [-0.4, -0.2) is 46.7 Å². The first-order chi connectivity index (χ1) is 14.4. The van der Waals surface area contributed by atoms with E-state index in [0.29, 0.717) is 13.2 Å². The van der Waals surface area contributed by atoms with Crippen LogP contribution < -0.4 is 14.8 Å². The fourth-order valence-corrected chi connectivity index (χ4v) is 4.87. The number of hydrogen-bond donors (Lipinski definition) is 2. The van der Waals surface area contributed by atoms with Crippen molar-refractivity contribution in [3.63, 3.8) is 0 Å². The Kier molecular flexibility index (Phi) is 7.47. The molecule has 162 valence electrons. The molecular weight excluding hydrogens is 404 g/mol. The maximum absolute atomic E-state index is 13.1. The average Bonchev–Trinajstić information content (AvgIpc) is 3.26. The standard InChI is InChI=1S/C22H28N2O5S/c1-16-10-11-20(28-2)21(13-16)30(26,27)24-19(14-17-7-4-3-5-8-17)22(25)23-15-18-9-6-12-29-18/h3-5,7-8,10-11,13,18-19,24H,6,9,12,14-15H2,1-2H3,(H,23,25)/t18-,19-/m1/s1. The lowest BCUT2D eigenvalue weighted by Crippen LogP contribution is -2.49. The molecule has 0 bridgehead atoms. The number of nitrogens with one attached hydrogen (secondary N) is 2. The summed E-state index contributed by atoms with van der Waals surface area (Å²) in [7, 11) is -2.58. The van der Waals surface area contributed by atoms with Crippen molar-refractivity contribution in [2.24, 2.45) is 0 Å². The number of amides is 1. The SMILES string of the molecule is COc1ccc(C)cc1S(=O)(=O)N[C@H](Cc1ccccc1)C(=O)NC[C@H]1CCCO1. The fourth-order valence-electron chi connectivity index (χ4n) is 3.43. The molecule has 2 aromatic carbocycles. The minimum Gasteiger partial charge on any atom is -0.495 e. The van der Waals surface area contributed by atoms with Gasteiger partial charge in [0.1, 0.15) is 16.7 Å². The molecule has 0 radical (unpaired) electrons. The van der Waals surface area contributed by atoms with Gasteiger partial charge >= 0.3 is 0 Å². The van der Waals surface area contributed by atoms with Crippen LogP contribution in [0.4, 0.5) is 0 Å². The number of ether oxygens (including phenoxy) is 2. The topological polar surface area (TPSA) is 93.7 Å². The van der Waals surface area contributed by atoms with Crippen LogP contribution in [0.1, 0.15) is 24.0 Å². The monoisotopic (exact) mass is 432 g/mol. The summed E-state index contributed by atoms with van der Waals surface area (Å²) in [6.45, 7) is 2.85. The molecule has 0 saturated carbocycles. The number of sulfonamides is 1. The summed E-state index contributed by atoms with van der Waals surface area (Å²) < 4.78 is 39.6. The van der Waals surface area contributed by atoms with Gasteiger partial charge in [0.2, 0.25) is 15.9 Å². The molecule has 1 aliphatic heterocycles. The van der Waals surface area contributed by atoms with Crippen LogP contribution in [0.2, 0.25) is 0 Å². The van der Waals surface area contributed by atoms with E-state index in [1.54, 1.807) is 19.1 Å². The van der Waals surface area contributed by atoms with Crippen molar-refractivity contribution in [2.75, 3.05) is 20.3 Å². The number of aryl methyl sites for hydroxylation is 1. The number of benzene rings is 2. The smallest absolute Gasteiger partial charge is 0.244 e. The molecule has 1 aliphatic rings. The molecule has 30 heavy (non-hydrogen) atoms. The van der Waals surface area contributed by atoms with Crippen molar-refractivity contribution in [1.82, 2.24) is 10.0 Å². The second-order valence-corrected chi connectivity index (χ2v) is 9.08. The van der Waals surface area contributed by atoms with Crippen LogP contribution in [0.3, 0.4) is 0 Å². The van der Waals surface area contributed by atoms with E-state index in [2.05, 4.69) is 10.0 Å². The minimum absolute atomic E-state index is 0.00925. The van der Waals surface area contributed by atoms with Crippen LogP contribution >= 0.6 is 0 Å².